The summed E-state index contributed by atoms with van der Waals surface area (Å²) in [7, 11) is -2.60. The van der Waals surface area contributed by atoms with Crippen LogP contribution in [0.1, 0.15) is 11.1 Å². The van der Waals surface area contributed by atoms with Crippen molar-refractivity contribution in [1.82, 2.24) is 14.5 Å². The number of hydrogen-bond acceptors (Lipinski definition) is 5. The lowest BCUT2D eigenvalue weighted by Crippen LogP contribution is -2.27. The van der Waals surface area contributed by atoms with Crippen molar-refractivity contribution in [2.75, 3.05) is 7.05 Å². The average Bonchev–Trinajstić information content (AvgIpc) is 2.90. The van der Waals surface area contributed by atoms with Gasteiger partial charge in [0, 0.05) is 31.4 Å². The topological polar surface area (TPSA) is 109 Å². The molecule has 0 fully saturated rings. The fourth-order valence-corrected chi connectivity index (χ4v) is 3.49. The Labute approximate surface area is 121 Å². The van der Waals surface area contributed by atoms with Crippen molar-refractivity contribution in [3.8, 4) is 0 Å². The van der Waals surface area contributed by atoms with E-state index in [0.717, 1.165) is 4.31 Å². The van der Waals surface area contributed by atoms with Gasteiger partial charge in [0.25, 0.3) is 5.69 Å². The summed E-state index contributed by atoms with van der Waals surface area (Å²) in [5, 5.41) is 17.4. The van der Waals surface area contributed by atoms with Gasteiger partial charge >= 0.3 is 0 Å². The van der Waals surface area contributed by atoms with E-state index in [2.05, 4.69) is 10.2 Å². The highest BCUT2D eigenvalue weighted by Gasteiger charge is 2.31. The third-order valence-electron chi connectivity index (χ3n) is 3.02. The quantitative estimate of drug-likeness (QED) is 0.664. The normalized spacial score (nSPS) is 11.8. The van der Waals surface area contributed by atoms with Crippen molar-refractivity contribution in [3.63, 3.8) is 0 Å². The summed E-state index contributed by atoms with van der Waals surface area (Å²) in [4.78, 5) is 10.1. The van der Waals surface area contributed by atoms with E-state index in [-0.39, 0.29) is 11.4 Å². The molecule has 0 aliphatic heterocycles. The molecule has 21 heavy (non-hydrogen) atoms. The fraction of sp³-hybridized carbons (Fsp3) is 0.250. The number of nitro groups is 1. The van der Waals surface area contributed by atoms with Crippen LogP contribution in [0.2, 0.25) is 0 Å². The number of aromatic nitrogens is 2. The molecule has 0 aliphatic rings. The van der Waals surface area contributed by atoms with Gasteiger partial charge in [0.15, 0.2) is 4.90 Å². The average molecular weight is 310 g/mol. The Balaban J connectivity index is 2.46. The van der Waals surface area contributed by atoms with E-state index < -0.39 is 20.6 Å². The molecule has 0 aliphatic carbocycles. The van der Waals surface area contributed by atoms with Crippen molar-refractivity contribution < 1.29 is 13.3 Å². The summed E-state index contributed by atoms with van der Waals surface area (Å²) in [5.74, 6) is 0. The highest BCUT2D eigenvalue weighted by atomic mass is 32.2. The van der Waals surface area contributed by atoms with E-state index in [1.807, 2.05) is 0 Å². The predicted octanol–water partition coefficient (Wildman–Crippen LogP) is 1.45. The number of nitrogens with one attached hydrogen (secondary N) is 1. The largest absolute Gasteiger partial charge is 0.289 e. The first-order valence-electron chi connectivity index (χ1n) is 6.02. The van der Waals surface area contributed by atoms with Gasteiger partial charge in [-0.2, -0.15) is 9.40 Å². The summed E-state index contributed by atoms with van der Waals surface area (Å²) in [6.45, 7) is 1.61. The van der Waals surface area contributed by atoms with E-state index in [1.165, 1.54) is 38.4 Å². The molecule has 1 aromatic heterocycles. The lowest BCUT2D eigenvalue weighted by atomic mass is 10.2. The molecule has 0 atom stereocenters. The lowest BCUT2D eigenvalue weighted by molar-refractivity contribution is -0.387. The Bertz CT molecular complexity index is 756. The molecule has 0 saturated carbocycles. The zero-order chi connectivity index (χ0) is 15.6. The number of nitro benzene ring substituents is 1. The van der Waals surface area contributed by atoms with Gasteiger partial charge in [-0.3, -0.25) is 15.2 Å². The second kappa shape index (κ2) is 5.62. The van der Waals surface area contributed by atoms with Gasteiger partial charge in [-0.25, -0.2) is 8.42 Å². The molecule has 1 aromatic carbocycles. The van der Waals surface area contributed by atoms with Crippen LogP contribution in [0.4, 0.5) is 5.69 Å². The highest BCUT2D eigenvalue weighted by molar-refractivity contribution is 7.89. The Morgan fingerprint density at radius 1 is 1.43 bits per heavy atom. The molecule has 2 aromatic rings. The van der Waals surface area contributed by atoms with Crippen LogP contribution in [0.3, 0.4) is 0 Å². The van der Waals surface area contributed by atoms with E-state index in [4.69, 9.17) is 0 Å². The monoisotopic (exact) mass is 310 g/mol. The summed E-state index contributed by atoms with van der Waals surface area (Å²) < 4.78 is 26.3. The molecule has 1 N–H and O–H groups in total. The van der Waals surface area contributed by atoms with Gasteiger partial charge in [-0.15, -0.1) is 0 Å². The number of aromatic amines is 1. The second-order valence-corrected chi connectivity index (χ2v) is 6.53. The molecular formula is C12H14N4O4S. The van der Waals surface area contributed by atoms with Crippen LogP contribution in [0, 0.1) is 17.0 Å². The van der Waals surface area contributed by atoms with Crippen molar-refractivity contribution in [1.29, 1.82) is 0 Å². The molecular weight excluding hydrogens is 296 g/mol. The third-order valence-corrected chi connectivity index (χ3v) is 5.01. The van der Waals surface area contributed by atoms with Crippen molar-refractivity contribution in [2.45, 2.75) is 18.4 Å². The van der Waals surface area contributed by atoms with Crippen LogP contribution in [-0.4, -0.2) is 34.9 Å². The third kappa shape index (κ3) is 2.93. The molecule has 0 bridgehead atoms. The minimum absolute atomic E-state index is 0.0737. The Kier molecular flexibility index (Phi) is 4.05. The molecule has 9 heteroatoms. The maximum absolute atomic E-state index is 12.6. The summed E-state index contributed by atoms with van der Waals surface area (Å²) in [6, 6.07) is 4.18. The molecule has 2 rings (SSSR count). The molecule has 0 spiro atoms. The van der Waals surface area contributed by atoms with E-state index >= 15 is 0 Å². The van der Waals surface area contributed by atoms with E-state index in [0.29, 0.717) is 11.1 Å². The molecule has 112 valence electrons. The van der Waals surface area contributed by atoms with Crippen molar-refractivity contribution in [3.05, 3.63) is 51.8 Å². The Morgan fingerprint density at radius 2 is 2.14 bits per heavy atom. The van der Waals surface area contributed by atoms with E-state index in [9.17, 15) is 18.5 Å². The van der Waals surface area contributed by atoms with Crippen LogP contribution in [0.15, 0.2) is 35.5 Å². The van der Waals surface area contributed by atoms with Gasteiger partial charge in [0.05, 0.1) is 11.1 Å². The summed E-state index contributed by atoms with van der Waals surface area (Å²) in [6.07, 6.45) is 3.07. The van der Waals surface area contributed by atoms with Gasteiger partial charge in [-0.1, -0.05) is 12.1 Å². The fourth-order valence-electron chi connectivity index (χ4n) is 1.98. The number of benzene rings is 1. The molecule has 8 nitrogen and oxygen atoms in total. The number of H-pyrrole nitrogens is 1. The van der Waals surface area contributed by atoms with Crippen molar-refractivity contribution in [2.24, 2.45) is 0 Å². The minimum atomic E-state index is -3.97. The first-order chi connectivity index (χ1) is 9.84. The molecule has 0 unspecified atom stereocenters. The number of sulfonamides is 1. The second-order valence-electron chi connectivity index (χ2n) is 4.55. The Morgan fingerprint density at radius 3 is 2.71 bits per heavy atom. The van der Waals surface area contributed by atoms with Gasteiger partial charge < -0.3 is 0 Å². The van der Waals surface area contributed by atoms with E-state index in [1.54, 1.807) is 6.20 Å². The maximum atomic E-state index is 12.6. The number of hydrogen-bond donors (Lipinski definition) is 1. The van der Waals surface area contributed by atoms with Crippen LogP contribution in [-0.2, 0) is 16.6 Å². The molecule has 0 radical (unpaired) electrons. The maximum Gasteiger partial charge on any atom is 0.289 e. The number of nitrogens with zero attached hydrogens (tertiary/aromatic N) is 3. The summed E-state index contributed by atoms with van der Waals surface area (Å²) >= 11 is 0. The molecule has 1 heterocycles. The number of rotatable bonds is 5. The van der Waals surface area contributed by atoms with Crippen molar-refractivity contribution >= 4 is 15.7 Å². The SMILES string of the molecule is Cc1cccc([N+](=O)[O-])c1S(=O)(=O)N(C)Cc1cn[nH]c1. The zero-order valence-electron chi connectivity index (χ0n) is 11.5. The predicted molar refractivity (Wildman–Crippen MR) is 75.1 cm³/mol. The number of aryl methyl sites for hydroxylation is 1. The summed E-state index contributed by atoms with van der Waals surface area (Å²) in [5.41, 5.74) is 0.578. The van der Waals surface area contributed by atoms with Gasteiger partial charge in [0.2, 0.25) is 10.0 Å². The van der Waals surface area contributed by atoms with Crippen LogP contribution >= 0.6 is 0 Å². The molecule has 0 saturated heterocycles. The standard InChI is InChI=1S/C12H14N4O4S/c1-9-4-3-5-11(16(17)18)12(9)21(19,20)15(2)8-10-6-13-14-7-10/h3-7H,8H2,1-2H3,(H,13,14). The zero-order valence-corrected chi connectivity index (χ0v) is 12.3. The minimum Gasteiger partial charge on any atom is -0.285 e. The lowest BCUT2D eigenvalue weighted by Gasteiger charge is -2.17. The molecule has 0 amide bonds. The van der Waals surface area contributed by atoms with Crippen LogP contribution < -0.4 is 0 Å². The van der Waals surface area contributed by atoms with Gasteiger partial charge in [-0.05, 0) is 12.5 Å². The first-order valence-corrected chi connectivity index (χ1v) is 7.46. The highest BCUT2D eigenvalue weighted by Crippen LogP contribution is 2.29. The smallest absolute Gasteiger partial charge is 0.285 e. The van der Waals surface area contributed by atoms with Crippen LogP contribution in [0.5, 0.6) is 0 Å². The van der Waals surface area contributed by atoms with Gasteiger partial charge in [0.1, 0.15) is 0 Å². The van der Waals surface area contributed by atoms with Crippen LogP contribution in [0.25, 0.3) is 0 Å². The Hall–Kier alpha value is -2.26. The first kappa shape index (κ1) is 15.1.